The van der Waals surface area contributed by atoms with Crippen LogP contribution in [0.25, 0.3) is 0 Å². The molecule has 0 aromatic rings. The second kappa shape index (κ2) is 6.16. The van der Waals surface area contributed by atoms with Crippen molar-refractivity contribution in [3.8, 4) is 0 Å². The van der Waals surface area contributed by atoms with Crippen LogP contribution in [0.5, 0.6) is 0 Å². The van der Waals surface area contributed by atoms with Gasteiger partial charge in [0.15, 0.2) is 0 Å². The van der Waals surface area contributed by atoms with E-state index in [9.17, 15) is 0 Å². The molecule has 1 unspecified atom stereocenters. The average molecular weight is 265 g/mol. The van der Waals surface area contributed by atoms with Gasteiger partial charge in [0.05, 0.1) is 0 Å². The van der Waals surface area contributed by atoms with Crippen LogP contribution in [0.15, 0.2) is 0 Å². The first-order valence-corrected chi connectivity index (χ1v) is 8.67. The van der Waals surface area contributed by atoms with E-state index in [0.29, 0.717) is 10.8 Å². The molecule has 0 amide bonds. The zero-order valence-corrected chi connectivity index (χ0v) is 13.7. The minimum atomic E-state index is 0.510. The van der Waals surface area contributed by atoms with Crippen molar-refractivity contribution in [2.75, 3.05) is 6.54 Å². The number of rotatable bonds is 5. The molecule has 0 saturated heterocycles. The Hall–Kier alpha value is -0.0400. The highest BCUT2D eigenvalue weighted by Crippen LogP contribution is 2.43. The van der Waals surface area contributed by atoms with Gasteiger partial charge in [0.2, 0.25) is 0 Å². The molecule has 1 atom stereocenters. The van der Waals surface area contributed by atoms with E-state index in [4.69, 9.17) is 0 Å². The molecule has 0 bridgehead atoms. The van der Waals surface area contributed by atoms with Gasteiger partial charge in [-0.05, 0) is 48.9 Å². The van der Waals surface area contributed by atoms with Gasteiger partial charge in [0.1, 0.15) is 0 Å². The van der Waals surface area contributed by atoms with Gasteiger partial charge in [-0.15, -0.1) is 0 Å². The third-order valence-electron chi connectivity index (χ3n) is 5.74. The summed E-state index contributed by atoms with van der Waals surface area (Å²) in [5, 5.41) is 4.00. The molecule has 1 N–H and O–H groups in total. The van der Waals surface area contributed by atoms with Crippen molar-refractivity contribution in [3.05, 3.63) is 0 Å². The quantitative estimate of drug-likeness (QED) is 0.724. The Morgan fingerprint density at radius 1 is 1.00 bits per heavy atom. The summed E-state index contributed by atoms with van der Waals surface area (Å²) in [5.74, 6) is 0.847. The third kappa shape index (κ3) is 3.97. The minimum absolute atomic E-state index is 0.510. The first-order valence-electron chi connectivity index (χ1n) is 8.67. The van der Waals surface area contributed by atoms with Crippen LogP contribution < -0.4 is 5.32 Å². The Morgan fingerprint density at radius 2 is 1.63 bits per heavy atom. The zero-order chi connectivity index (χ0) is 13.9. The Labute approximate surface area is 120 Å². The molecular weight excluding hydrogens is 230 g/mol. The second-order valence-electron chi connectivity index (χ2n) is 8.47. The Kier molecular flexibility index (Phi) is 4.98. The van der Waals surface area contributed by atoms with Gasteiger partial charge in [-0.2, -0.15) is 0 Å². The minimum Gasteiger partial charge on any atom is -0.313 e. The highest BCUT2D eigenvalue weighted by Gasteiger charge is 2.37. The normalized spacial score (nSPS) is 29.8. The van der Waals surface area contributed by atoms with Crippen LogP contribution in [0.2, 0.25) is 0 Å². The maximum Gasteiger partial charge on any atom is 0.0118 e. The highest BCUT2D eigenvalue weighted by molar-refractivity contribution is 4.93. The summed E-state index contributed by atoms with van der Waals surface area (Å²) in [4.78, 5) is 0. The Bertz CT molecular complexity index is 273. The molecule has 2 saturated carbocycles. The van der Waals surface area contributed by atoms with Crippen molar-refractivity contribution >= 4 is 0 Å². The third-order valence-corrected chi connectivity index (χ3v) is 5.74. The van der Waals surface area contributed by atoms with Crippen LogP contribution in [-0.2, 0) is 0 Å². The molecule has 0 heterocycles. The maximum atomic E-state index is 4.00. The molecule has 1 heteroatoms. The molecule has 0 radical (unpaired) electrons. The molecular formula is C18H35N. The molecule has 0 aromatic heterocycles. The zero-order valence-electron chi connectivity index (χ0n) is 13.7. The van der Waals surface area contributed by atoms with Crippen molar-refractivity contribution in [1.29, 1.82) is 0 Å². The summed E-state index contributed by atoms with van der Waals surface area (Å²) in [6.45, 7) is 11.0. The van der Waals surface area contributed by atoms with Gasteiger partial charge in [0, 0.05) is 12.6 Å². The lowest BCUT2D eigenvalue weighted by atomic mass is 9.72. The largest absolute Gasteiger partial charge is 0.313 e. The summed E-state index contributed by atoms with van der Waals surface area (Å²) in [6, 6.07) is 0.755. The van der Waals surface area contributed by atoms with Crippen molar-refractivity contribution < 1.29 is 0 Å². The standard InChI is InChI=1S/C18H35N/c1-15(2)13-18(11-7-8-12-18)14-19-16-9-5-6-10-17(16,3)4/h15-16,19H,5-14H2,1-4H3. The average Bonchev–Trinajstić information content (AvgIpc) is 2.75. The predicted molar refractivity (Wildman–Crippen MR) is 84.4 cm³/mol. The number of hydrogen-bond donors (Lipinski definition) is 1. The van der Waals surface area contributed by atoms with E-state index in [1.807, 2.05) is 0 Å². The molecule has 0 aromatic carbocycles. The highest BCUT2D eigenvalue weighted by atomic mass is 14.9. The smallest absolute Gasteiger partial charge is 0.0118 e. The van der Waals surface area contributed by atoms with Gasteiger partial charge in [-0.3, -0.25) is 0 Å². The van der Waals surface area contributed by atoms with E-state index in [1.165, 1.54) is 64.3 Å². The Morgan fingerprint density at radius 3 is 2.21 bits per heavy atom. The lowest BCUT2D eigenvalue weighted by Crippen LogP contribution is -2.48. The summed E-state index contributed by atoms with van der Waals surface area (Å²) >= 11 is 0. The molecule has 19 heavy (non-hydrogen) atoms. The number of nitrogens with one attached hydrogen (secondary N) is 1. The van der Waals surface area contributed by atoms with Crippen LogP contribution in [0.4, 0.5) is 0 Å². The fourth-order valence-corrected chi connectivity index (χ4v) is 4.66. The lowest BCUT2D eigenvalue weighted by Gasteiger charge is -2.42. The summed E-state index contributed by atoms with van der Waals surface area (Å²) in [7, 11) is 0. The van der Waals surface area contributed by atoms with E-state index >= 15 is 0 Å². The van der Waals surface area contributed by atoms with E-state index in [1.54, 1.807) is 0 Å². The second-order valence-corrected chi connectivity index (χ2v) is 8.47. The van der Waals surface area contributed by atoms with E-state index < -0.39 is 0 Å². The first kappa shape index (κ1) is 15.4. The monoisotopic (exact) mass is 265 g/mol. The fraction of sp³-hybridized carbons (Fsp3) is 1.00. The van der Waals surface area contributed by atoms with Gasteiger partial charge in [-0.25, -0.2) is 0 Å². The fourth-order valence-electron chi connectivity index (χ4n) is 4.66. The van der Waals surface area contributed by atoms with Gasteiger partial charge in [-0.1, -0.05) is 53.4 Å². The maximum absolute atomic E-state index is 4.00. The number of hydrogen-bond acceptors (Lipinski definition) is 1. The van der Waals surface area contributed by atoms with Crippen molar-refractivity contribution in [2.45, 2.75) is 91.5 Å². The topological polar surface area (TPSA) is 12.0 Å². The molecule has 2 aliphatic rings. The Balaban J connectivity index is 1.91. The van der Waals surface area contributed by atoms with E-state index in [0.717, 1.165) is 12.0 Å². The lowest BCUT2D eigenvalue weighted by molar-refractivity contribution is 0.136. The summed E-state index contributed by atoms with van der Waals surface area (Å²) < 4.78 is 0. The summed E-state index contributed by atoms with van der Waals surface area (Å²) in [6.07, 6.45) is 12.9. The van der Waals surface area contributed by atoms with Gasteiger partial charge >= 0.3 is 0 Å². The molecule has 1 nitrogen and oxygen atoms in total. The van der Waals surface area contributed by atoms with E-state index in [2.05, 4.69) is 33.0 Å². The molecule has 2 rings (SSSR count). The van der Waals surface area contributed by atoms with Crippen LogP contribution in [0.1, 0.15) is 85.5 Å². The van der Waals surface area contributed by atoms with Crippen LogP contribution in [0, 0.1) is 16.7 Å². The van der Waals surface area contributed by atoms with E-state index in [-0.39, 0.29) is 0 Å². The van der Waals surface area contributed by atoms with Gasteiger partial charge < -0.3 is 5.32 Å². The molecule has 112 valence electrons. The van der Waals surface area contributed by atoms with Gasteiger partial charge in [0.25, 0.3) is 0 Å². The molecule has 0 aliphatic heterocycles. The van der Waals surface area contributed by atoms with Crippen molar-refractivity contribution in [3.63, 3.8) is 0 Å². The van der Waals surface area contributed by atoms with Crippen molar-refractivity contribution in [2.24, 2.45) is 16.7 Å². The summed E-state index contributed by atoms with van der Waals surface area (Å²) in [5.41, 5.74) is 1.14. The molecule has 2 fully saturated rings. The predicted octanol–water partition coefficient (Wildman–Crippen LogP) is 5.15. The van der Waals surface area contributed by atoms with Crippen molar-refractivity contribution in [1.82, 2.24) is 5.32 Å². The van der Waals surface area contributed by atoms with Crippen LogP contribution >= 0.6 is 0 Å². The van der Waals surface area contributed by atoms with Crippen LogP contribution in [-0.4, -0.2) is 12.6 Å². The SMILES string of the molecule is CC(C)CC1(CNC2CCCCC2(C)C)CCCC1. The first-order chi connectivity index (χ1) is 8.94. The van der Waals surface area contributed by atoms with Crippen LogP contribution in [0.3, 0.4) is 0 Å². The molecule has 2 aliphatic carbocycles. The molecule has 0 spiro atoms.